The van der Waals surface area contributed by atoms with Gasteiger partial charge >= 0.3 is 0 Å². The van der Waals surface area contributed by atoms with Crippen LogP contribution in [0, 0.1) is 0 Å². The summed E-state index contributed by atoms with van der Waals surface area (Å²) in [5, 5.41) is 35.8. The molecule has 0 amide bonds. The van der Waals surface area contributed by atoms with E-state index in [-0.39, 0.29) is 6.61 Å². The van der Waals surface area contributed by atoms with E-state index in [0.29, 0.717) is 37.0 Å². The number of hydrogen-bond acceptors (Lipinski definition) is 8. The van der Waals surface area contributed by atoms with Crippen molar-refractivity contribution in [1.82, 2.24) is 25.3 Å². The van der Waals surface area contributed by atoms with Crippen LogP contribution in [0.4, 0.5) is 5.95 Å². The quantitative estimate of drug-likeness (QED) is 0.217. The van der Waals surface area contributed by atoms with Gasteiger partial charge in [-0.15, -0.1) is 0 Å². The number of H-pyrrole nitrogens is 2. The number of rotatable bonds is 12. The molecular weight excluding hydrogens is 376 g/mol. The van der Waals surface area contributed by atoms with Crippen molar-refractivity contribution in [2.45, 2.75) is 38.3 Å². The van der Waals surface area contributed by atoms with Crippen LogP contribution in [-0.4, -0.2) is 67.3 Å². The molecule has 1 aromatic carbocycles. The van der Waals surface area contributed by atoms with Gasteiger partial charge in [0.1, 0.15) is 12.1 Å². The van der Waals surface area contributed by atoms with Crippen LogP contribution in [0.15, 0.2) is 30.5 Å². The second-order valence-corrected chi connectivity index (χ2v) is 6.68. The SMILES string of the molecule is CCCOC(O)C(Cc1nc2ccccc2[nH]1)NC(O)c1cnc(NCCO)[nH]1. The van der Waals surface area contributed by atoms with Crippen molar-refractivity contribution in [3.63, 3.8) is 0 Å². The predicted molar refractivity (Wildman–Crippen MR) is 108 cm³/mol. The molecule has 0 bridgehead atoms. The highest BCUT2D eigenvalue weighted by Gasteiger charge is 2.25. The van der Waals surface area contributed by atoms with Crippen molar-refractivity contribution in [2.75, 3.05) is 25.1 Å². The number of aliphatic hydroxyl groups excluding tert-OH is 3. The van der Waals surface area contributed by atoms with Crippen molar-refractivity contribution in [3.8, 4) is 0 Å². The molecular formula is C19H28N6O4. The zero-order valence-electron chi connectivity index (χ0n) is 16.3. The van der Waals surface area contributed by atoms with E-state index >= 15 is 0 Å². The fraction of sp³-hybridized carbons (Fsp3) is 0.474. The predicted octanol–water partition coefficient (Wildman–Crippen LogP) is 0.627. The molecule has 0 spiro atoms. The molecule has 2 heterocycles. The molecule has 2 aromatic heterocycles. The van der Waals surface area contributed by atoms with Crippen molar-refractivity contribution >= 4 is 17.0 Å². The summed E-state index contributed by atoms with van der Waals surface area (Å²) in [5.74, 6) is 1.11. The topological polar surface area (TPSA) is 151 Å². The van der Waals surface area contributed by atoms with Crippen LogP contribution in [0.3, 0.4) is 0 Å². The fourth-order valence-electron chi connectivity index (χ4n) is 2.94. The molecule has 0 aliphatic rings. The van der Waals surface area contributed by atoms with Gasteiger partial charge in [-0.1, -0.05) is 19.1 Å². The third-order valence-corrected chi connectivity index (χ3v) is 4.35. The Balaban J connectivity index is 1.71. The van der Waals surface area contributed by atoms with E-state index in [9.17, 15) is 10.2 Å². The number of aliphatic hydroxyl groups is 3. The highest BCUT2D eigenvalue weighted by atomic mass is 16.6. The third-order valence-electron chi connectivity index (χ3n) is 4.35. The van der Waals surface area contributed by atoms with Crippen LogP contribution in [0.25, 0.3) is 11.0 Å². The van der Waals surface area contributed by atoms with E-state index in [1.807, 2.05) is 31.2 Å². The monoisotopic (exact) mass is 404 g/mol. The molecule has 3 rings (SSSR count). The Hall–Kier alpha value is -2.50. The lowest BCUT2D eigenvalue weighted by Gasteiger charge is -2.26. The highest BCUT2D eigenvalue weighted by Crippen LogP contribution is 2.16. The van der Waals surface area contributed by atoms with E-state index in [2.05, 4.69) is 30.6 Å². The average Bonchev–Trinajstić information content (AvgIpc) is 3.36. The number of imidazole rings is 2. The smallest absolute Gasteiger partial charge is 0.200 e. The number of anilines is 1. The van der Waals surface area contributed by atoms with Gasteiger partial charge in [0.15, 0.2) is 12.2 Å². The summed E-state index contributed by atoms with van der Waals surface area (Å²) >= 11 is 0. The highest BCUT2D eigenvalue weighted by molar-refractivity contribution is 5.74. The van der Waals surface area contributed by atoms with Crippen LogP contribution in [0.2, 0.25) is 0 Å². The normalized spacial score (nSPS) is 14.8. The Kier molecular flexibility index (Phi) is 7.55. The number of aromatic nitrogens is 4. The Morgan fingerprint density at radius 2 is 2.03 bits per heavy atom. The molecule has 10 heteroatoms. The van der Waals surface area contributed by atoms with Crippen LogP contribution in [0.5, 0.6) is 0 Å². The first-order valence-electron chi connectivity index (χ1n) is 9.67. The number of hydrogen-bond donors (Lipinski definition) is 7. The van der Waals surface area contributed by atoms with E-state index in [1.165, 1.54) is 6.20 Å². The van der Waals surface area contributed by atoms with E-state index in [0.717, 1.165) is 17.5 Å². The van der Waals surface area contributed by atoms with Crippen molar-refractivity contribution in [2.24, 2.45) is 0 Å². The Morgan fingerprint density at radius 3 is 2.79 bits per heavy atom. The van der Waals surface area contributed by atoms with Gasteiger partial charge in [-0.25, -0.2) is 9.97 Å². The minimum atomic E-state index is -1.13. The lowest BCUT2D eigenvalue weighted by Crippen LogP contribution is -2.45. The molecule has 29 heavy (non-hydrogen) atoms. The number of nitrogens with zero attached hydrogens (tertiary/aromatic N) is 2. The molecule has 3 unspecified atom stereocenters. The number of para-hydroxylation sites is 2. The summed E-state index contributed by atoms with van der Waals surface area (Å²) in [7, 11) is 0. The van der Waals surface area contributed by atoms with Crippen molar-refractivity contribution < 1.29 is 20.1 Å². The van der Waals surface area contributed by atoms with Crippen molar-refractivity contribution in [1.29, 1.82) is 0 Å². The number of aromatic amines is 2. The van der Waals surface area contributed by atoms with Gasteiger partial charge in [0.05, 0.1) is 35.6 Å². The number of fused-ring (bicyclic) bond motifs is 1. The van der Waals surface area contributed by atoms with Gasteiger partial charge < -0.3 is 35.3 Å². The first-order chi connectivity index (χ1) is 14.1. The lowest BCUT2D eigenvalue weighted by molar-refractivity contribution is -0.127. The van der Waals surface area contributed by atoms with Gasteiger partial charge in [0.25, 0.3) is 0 Å². The first-order valence-corrected chi connectivity index (χ1v) is 9.67. The number of benzene rings is 1. The van der Waals surface area contributed by atoms with Gasteiger partial charge in [-0.2, -0.15) is 0 Å². The Bertz CT molecular complexity index is 849. The molecule has 0 radical (unpaired) electrons. The average molecular weight is 404 g/mol. The largest absolute Gasteiger partial charge is 0.395 e. The Morgan fingerprint density at radius 1 is 1.21 bits per heavy atom. The molecule has 0 saturated carbocycles. The number of nitrogens with one attached hydrogen (secondary N) is 4. The lowest BCUT2D eigenvalue weighted by atomic mass is 10.1. The molecule has 3 aromatic rings. The molecule has 3 atom stereocenters. The molecule has 0 fully saturated rings. The molecule has 158 valence electrons. The van der Waals surface area contributed by atoms with Crippen LogP contribution in [-0.2, 0) is 11.2 Å². The Labute approximate surface area is 168 Å². The molecule has 0 aliphatic carbocycles. The first kappa shape index (κ1) is 21.2. The second kappa shape index (κ2) is 10.3. The minimum Gasteiger partial charge on any atom is -0.395 e. The van der Waals surface area contributed by atoms with E-state index in [4.69, 9.17) is 9.84 Å². The zero-order chi connectivity index (χ0) is 20.6. The maximum absolute atomic E-state index is 10.6. The maximum atomic E-state index is 10.6. The van der Waals surface area contributed by atoms with Crippen LogP contribution >= 0.6 is 0 Å². The fourth-order valence-corrected chi connectivity index (χ4v) is 2.94. The summed E-state index contributed by atoms with van der Waals surface area (Å²) in [6, 6.07) is 7.05. The van der Waals surface area contributed by atoms with Crippen molar-refractivity contribution in [3.05, 3.63) is 42.0 Å². The van der Waals surface area contributed by atoms with Gasteiger partial charge in [0, 0.05) is 19.6 Å². The summed E-state index contributed by atoms with van der Waals surface area (Å²) < 4.78 is 5.47. The molecule has 0 aliphatic heterocycles. The van der Waals surface area contributed by atoms with Gasteiger partial charge in [-0.3, -0.25) is 5.32 Å². The minimum absolute atomic E-state index is 0.0304. The summed E-state index contributed by atoms with van der Waals surface area (Å²) in [6.45, 7) is 2.66. The second-order valence-electron chi connectivity index (χ2n) is 6.68. The summed E-state index contributed by atoms with van der Waals surface area (Å²) in [6.07, 6.45) is 0.321. The van der Waals surface area contributed by atoms with Crippen LogP contribution < -0.4 is 10.6 Å². The maximum Gasteiger partial charge on any atom is 0.200 e. The van der Waals surface area contributed by atoms with Crippen LogP contribution in [0.1, 0.15) is 31.1 Å². The number of ether oxygens (including phenoxy) is 1. The van der Waals surface area contributed by atoms with E-state index < -0.39 is 18.6 Å². The van der Waals surface area contributed by atoms with E-state index in [1.54, 1.807) is 0 Å². The standard InChI is InChI=1S/C19H28N6O4/c1-2-9-29-18(28)14(10-16-22-12-5-3-4-6-13(12)23-16)24-17(27)15-11-21-19(25-15)20-7-8-26/h3-6,11,14,17-18,24,26-28H,2,7-10H2,1H3,(H,22,23)(H2,20,21,25). The zero-order valence-corrected chi connectivity index (χ0v) is 16.3. The molecule has 7 N–H and O–H groups in total. The summed E-state index contributed by atoms with van der Waals surface area (Å²) in [4.78, 5) is 14.8. The third kappa shape index (κ3) is 5.75. The van der Waals surface area contributed by atoms with Gasteiger partial charge in [-0.05, 0) is 18.6 Å². The molecule has 10 nitrogen and oxygen atoms in total. The molecule has 0 saturated heterocycles. The summed E-state index contributed by atoms with van der Waals surface area (Å²) in [5.41, 5.74) is 2.15. The van der Waals surface area contributed by atoms with Gasteiger partial charge in [0.2, 0.25) is 0 Å².